The minimum Gasteiger partial charge on any atom is -0.309 e. The number of hydrogen-bond acceptors (Lipinski definition) is 2. The van der Waals surface area contributed by atoms with Crippen molar-refractivity contribution in [2.75, 3.05) is 0 Å². The van der Waals surface area contributed by atoms with Crippen molar-refractivity contribution in [2.24, 2.45) is 0 Å². The monoisotopic (exact) mass is 696 g/mol. The number of aromatic nitrogens is 2. The molecular weight excluding hydrogens is 669 g/mol. The highest BCUT2D eigenvalue weighted by molar-refractivity contribution is 7.27. The van der Waals surface area contributed by atoms with Gasteiger partial charge in [-0.3, -0.25) is 0 Å². The van der Waals surface area contributed by atoms with E-state index in [9.17, 15) is 0 Å². The molecule has 12 aromatic rings. The summed E-state index contributed by atoms with van der Waals surface area (Å²) >= 11 is 3.80. The predicted octanol–water partition coefficient (Wildman–Crippen LogP) is 14.3. The van der Waals surface area contributed by atoms with Crippen molar-refractivity contribution in [3.05, 3.63) is 170 Å². The third-order valence-electron chi connectivity index (χ3n) is 10.9. The average molecular weight is 697 g/mol. The van der Waals surface area contributed by atoms with Crippen molar-refractivity contribution >= 4 is 107 Å². The summed E-state index contributed by atoms with van der Waals surface area (Å²) in [4.78, 5) is 0. The summed E-state index contributed by atoms with van der Waals surface area (Å²) in [5.74, 6) is 0. The molecular formula is C48H28N2S2. The summed E-state index contributed by atoms with van der Waals surface area (Å²) in [7, 11) is 0. The van der Waals surface area contributed by atoms with Crippen LogP contribution in [0.2, 0.25) is 0 Å². The summed E-state index contributed by atoms with van der Waals surface area (Å²) in [6.07, 6.45) is 0. The Hall–Kier alpha value is -6.20. The molecule has 4 heterocycles. The van der Waals surface area contributed by atoms with E-state index in [2.05, 4.69) is 179 Å². The molecule has 242 valence electrons. The van der Waals surface area contributed by atoms with E-state index >= 15 is 0 Å². The van der Waals surface area contributed by atoms with Crippen molar-refractivity contribution < 1.29 is 0 Å². The maximum absolute atomic E-state index is 2.48. The van der Waals surface area contributed by atoms with Crippen LogP contribution >= 0.6 is 22.7 Å². The molecule has 0 N–H and O–H groups in total. The van der Waals surface area contributed by atoms with E-state index in [-0.39, 0.29) is 0 Å². The van der Waals surface area contributed by atoms with Crippen molar-refractivity contribution in [3.8, 4) is 22.5 Å². The molecule has 2 nitrogen and oxygen atoms in total. The van der Waals surface area contributed by atoms with Gasteiger partial charge in [-0.25, -0.2) is 0 Å². The van der Waals surface area contributed by atoms with Crippen LogP contribution in [0.15, 0.2) is 170 Å². The largest absolute Gasteiger partial charge is 0.309 e. The summed E-state index contributed by atoms with van der Waals surface area (Å²) in [5.41, 5.74) is 9.74. The fourth-order valence-electron chi connectivity index (χ4n) is 8.68. The fraction of sp³-hybridized carbons (Fsp3) is 0. The van der Waals surface area contributed by atoms with Crippen LogP contribution in [0, 0.1) is 0 Å². The average Bonchev–Trinajstić information content (AvgIpc) is 3.95. The first kappa shape index (κ1) is 28.5. The quantitative estimate of drug-likeness (QED) is 0.174. The number of nitrogens with zero attached hydrogens (tertiary/aromatic N) is 2. The third kappa shape index (κ3) is 3.88. The van der Waals surface area contributed by atoms with Gasteiger partial charge in [-0.1, -0.05) is 109 Å². The number of benzene rings is 8. The van der Waals surface area contributed by atoms with E-state index in [0.29, 0.717) is 0 Å². The van der Waals surface area contributed by atoms with Gasteiger partial charge in [0.05, 0.1) is 22.1 Å². The highest BCUT2D eigenvalue weighted by atomic mass is 32.1. The Morgan fingerprint density at radius 2 is 0.865 bits per heavy atom. The number of para-hydroxylation sites is 2. The van der Waals surface area contributed by atoms with Crippen LogP contribution in [0.1, 0.15) is 0 Å². The Morgan fingerprint density at radius 1 is 0.327 bits per heavy atom. The van der Waals surface area contributed by atoms with Gasteiger partial charge >= 0.3 is 0 Å². The van der Waals surface area contributed by atoms with E-state index < -0.39 is 0 Å². The Balaban J connectivity index is 1.16. The van der Waals surface area contributed by atoms with Gasteiger partial charge < -0.3 is 9.13 Å². The molecule has 0 unspecified atom stereocenters. The number of thiophene rings is 2. The summed E-state index contributed by atoms with van der Waals surface area (Å²) in [6, 6.07) is 62.8. The normalized spacial score (nSPS) is 12.2. The first-order chi connectivity index (χ1) is 25.8. The standard InChI is InChI=1S/C48H28N2S2/c1-5-19-40-33(13-1)34-14-2-6-20-41(34)49(40)31-23-25-42-39(28-31)46-43(26-24-38-36-16-4-8-22-45(36)52-48(38)46)50(42)30-12-9-11-29(27-30)32-17-10-18-37-35-15-3-7-21-44(35)51-47(32)37/h1-28H. The van der Waals surface area contributed by atoms with E-state index in [0.717, 1.165) is 0 Å². The van der Waals surface area contributed by atoms with E-state index in [4.69, 9.17) is 0 Å². The van der Waals surface area contributed by atoms with Gasteiger partial charge in [0.25, 0.3) is 0 Å². The summed E-state index contributed by atoms with van der Waals surface area (Å²) in [6.45, 7) is 0. The molecule has 0 bridgehead atoms. The second kappa shape index (κ2) is 10.7. The lowest BCUT2D eigenvalue weighted by molar-refractivity contribution is 1.17. The molecule has 0 radical (unpaired) electrons. The second-order valence-electron chi connectivity index (χ2n) is 13.7. The third-order valence-corrected chi connectivity index (χ3v) is 13.3. The van der Waals surface area contributed by atoms with Gasteiger partial charge in [-0.15, -0.1) is 22.7 Å². The van der Waals surface area contributed by atoms with Crippen LogP contribution in [0.4, 0.5) is 0 Å². The Morgan fingerprint density at radius 3 is 1.62 bits per heavy atom. The SMILES string of the molecule is c1cc(-c2cccc3c2sc2ccccc23)cc(-n2c3ccc(-n4c5ccccc5c5ccccc54)cc3c3c4sc5ccccc5c4ccc32)c1. The highest BCUT2D eigenvalue weighted by Gasteiger charge is 2.20. The topological polar surface area (TPSA) is 9.86 Å². The van der Waals surface area contributed by atoms with E-state index in [1.165, 1.54) is 106 Å². The summed E-state index contributed by atoms with van der Waals surface area (Å²) < 4.78 is 10.3. The molecule has 12 rings (SSSR count). The Bertz CT molecular complexity index is 3370. The minimum atomic E-state index is 1.17. The minimum absolute atomic E-state index is 1.17. The smallest absolute Gasteiger partial charge is 0.0555 e. The van der Waals surface area contributed by atoms with Gasteiger partial charge in [-0.2, -0.15) is 0 Å². The lowest BCUT2D eigenvalue weighted by Crippen LogP contribution is -1.96. The molecule has 4 aromatic heterocycles. The van der Waals surface area contributed by atoms with Gasteiger partial charge in [0, 0.05) is 73.3 Å². The zero-order valence-electron chi connectivity index (χ0n) is 27.9. The zero-order chi connectivity index (χ0) is 33.9. The molecule has 0 aliphatic carbocycles. The Kier molecular flexibility index (Phi) is 5.84. The first-order valence-corrected chi connectivity index (χ1v) is 19.3. The molecule has 0 saturated heterocycles. The first-order valence-electron chi connectivity index (χ1n) is 17.7. The van der Waals surface area contributed by atoms with Gasteiger partial charge in [0.15, 0.2) is 0 Å². The summed E-state index contributed by atoms with van der Waals surface area (Å²) in [5, 5.41) is 10.4. The maximum Gasteiger partial charge on any atom is 0.0555 e. The lowest BCUT2D eigenvalue weighted by Gasteiger charge is -2.12. The Labute approximate surface area is 306 Å². The van der Waals surface area contributed by atoms with Crippen LogP contribution in [0.5, 0.6) is 0 Å². The molecule has 0 fully saturated rings. The molecule has 52 heavy (non-hydrogen) atoms. The van der Waals surface area contributed by atoms with Gasteiger partial charge in [-0.05, 0) is 71.8 Å². The fourth-order valence-corrected chi connectivity index (χ4v) is 11.2. The van der Waals surface area contributed by atoms with Crippen LogP contribution in [0.3, 0.4) is 0 Å². The van der Waals surface area contributed by atoms with Crippen molar-refractivity contribution in [3.63, 3.8) is 0 Å². The van der Waals surface area contributed by atoms with Crippen molar-refractivity contribution in [1.29, 1.82) is 0 Å². The van der Waals surface area contributed by atoms with E-state index in [1.807, 2.05) is 22.7 Å². The molecule has 0 saturated carbocycles. The number of hydrogen-bond donors (Lipinski definition) is 0. The van der Waals surface area contributed by atoms with Gasteiger partial charge in [0.2, 0.25) is 0 Å². The van der Waals surface area contributed by atoms with Crippen LogP contribution in [0.25, 0.3) is 106 Å². The molecule has 0 aliphatic rings. The maximum atomic E-state index is 2.48. The molecule has 0 spiro atoms. The molecule has 0 aliphatic heterocycles. The van der Waals surface area contributed by atoms with Gasteiger partial charge in [0.1, 0.15) is 0 Å². The highest BCUT2D eigenvalue weighted by Crippen LogP contribution is 2.45. The van der Waals surface area contributed by atoms with Crippen LogP contribution in [-0.4, -0.2) is 9.13 Å². The van der Waals surface area contributed by atoms with E-state index in [1.54, 1.807) is 0 Å². The zero-order valence-corrected chi connectivity index (χ0v) is 29.5. The van der Waals surface area contributed by atoms with Crippen LogP contribution < -0.4 is 0 Å². The molecule has 0 atom stereocenters. The van der Waals surface area contributed by atoms with Crippen molar-refractivity contribution in [1.82, 2.24) is 9.13 Å². The number of fused-ring (bicyclic) bond motifs is 13. The molecule has 4 heteroatoms. The predicted molar refractivity (Wildman–Crippen MR) is 226 cm³/mol. The number of rotatable bonds is 3. The van der Waals surface area contributed by atoms with Crippen LogP contribution in [-0.2, 0) is 0 Å². The van der Waals surface area contributed by atoms with Crippen molar-refractivity contribution in [2.45, 2.75) is 0 Å². The lowest BCUT2D eigenvalue weighted by atomic mass is 10.0. The molecule has 0 amide bonds. The second-order valence-corrected chi connectivity index (χ2v) is 15.8. The molecule has 8 aromatic carbocycles.